The highest BCUT2D eigenvalue weighted by atomic mass is 16.6. The number of rotatable bonds is 1. The summed E-state index contributed by atoms with van der Waals surface area (Å²) >= 11 is 0. The van der Waals surface area contributed by atoms with Crippen molar-refractivity contribution in [2.45, 2.75) is 0 Å². The Morgan fingerprint density at radius 2 is 2.56 bits per heavy atom. The van der Waals surface area contributed by atoms with Crippen molar-refractivity contribution in [3.8, 4) is 0 Å². The van der Waals surface area contributed by atoms with E-state index in [0.717, 1.165) is 0 Å². The summed E-state index contributed by atoms with van der Waals surface area (Å²) in [6, 6.07) is 0. The van der Waals surface area contributed by atoms with E-state index in [0.29, 0.717) is 0 Å². The average molecular weight is 128 g/mol. The standard InChI is InChI=1S/C3H4N4O2/c1-6-2-3(4-5-6)7(8)9/h2H,1H3. The smallest absolute Gasteiger partial charge is 0.358 e. The van der Waals surface area contributed by atoms with E-state index in [1.807, 2.05) is 0 Å². The van der Waals surface area contributed by atoms with E-state index in [9.17, 15) is 10.1 Å². The Morgan fingerprint density at radius 3 is 2.78 bits per heavy atom. The Hall–Kier alpha value is -1.46. The number of hydrogen-bond donors (Lipinski definition) is 0. The van der Waals surface area contributed by atoms with Gasteiger partial charge in [0.2, 0.25) is 0 Å². The van der Waals surface area contributed by atoms with Crippen molar-refractivity contribution < 1.29 is 4.92 Å². The number of nitrogens with zero attached hydrogens (tertiary/aromatic N) is 4. The first-order valence-corrected chi connectivity index (χ1v) is 2.21. The van der Waals surface area contributed by atoms with Gasteiger partial charge in [0.25, 0.3) is 0 Å². The molecule has 9 heavy (non-hydrogen) atoms. The van der Waals surface area contributed by atoms with Crippen molar-refractivity contribution in [2.24, 2.45) is 7.05 Å². The third kappa shape index (κ3) is 1.01. The van der Waals surface area contributed by atoms with Gasteiger partial charge in [-0.1, -0.05) is 0 Å². The summed E-state index contributed by atoms with van der Waals surface area (Å²) in [4.78, 5) is 9.31. The van der Waals surface area contributed by atoms with Gasteiger partial charge < -0.3 is 10.1 Å². The number of aromatic nitrogens is 3. The quantitative estimate of drug-likeness (QED) is 0.385. The van der Waals surface area contributed by atoms with Crippen LogP contribution in [0.1, 0.15) is 0 Å². The zero-order chi connectivity index (χ0) is 6.85. The van der Waals surface area contributed by atoms with Crippen LogP contribution in [0, 0.1) is 10.1 Å². The molecule has 1 rings (SSSR count). The van der Waals surface area contributed by atoms with Crippen molar-refractivity contribution >= 4 is 5.82 Å². The normalized spacial score (nSPS) is 9.44. The molecule has 48 valence electrons. The third-order valence-electron chi connectivity index (χ3n) is 0.778. The molecule has 0 fully saturated rings. The van der Waals surface area contributed by atoms with Gasteiger partial charge in [0.15, 0.2) is 0 Å². The predicted molar refractivity (Wildman–Crippen MR) is 27.7 cm³/mol. The molecule has 6 heteroatoms. The second kappa shape index (κ2) is 1.81. The molecule has 0 amide bonds. The number of nitro groups is 1. The lowest BCUT2D eigenvalue weighted by Crippen LogP contribution is -1.86. The highest BCUT2D eigenvalue weighted by molar-refractivity contribution is 5.08. The van der Waals surface area contributed by atoms with Crippen LogP contribution in [0.4, 0.5) is 5.82 Å². The molecule has 0 saturated heterocycles. The highest BCUT2D eigenvalue weighted by Gasteiger charge is 2.08. The Balaban J connectivity index is 2.98. The van der Waals surface area contributed by atoms with Gasteiger partial charge in [-0.05, 0) is 4.92 Å². The van der Waals surface area contributed by atoms with Crippen LogP contribution >= 0.6 is 0 Å². The molecule has 0 aliphatic rings. The van der Waals surface area contributed by atoms with Crippen LogP contribution in [0.15, 0.2) is 6.20 Å². The van der Waals surface area contributed by atoms with Gasteiger partial charge in [0.1, 0.15) is 11.3 Å². The molecular formula is C3H4N4O2. The molecule has 1 heterocycles. The maximum atomic E-state index is 9.90. The third-order valence-corrected chi connectivity index (χ3v) is 0.778. The van der Waals surface area contributed by atoms with E-state index < -0.39 is 4.92 Å². The molecule has 0 spiro atoms. The van der Waals surface area contributed by atoms with Crippen molar-refractivity contribution in [3.63, 3.8) is 0 Å². The zero-order valence-electron chi connectivity index (χ0n) is 4.68. The minimum Gasteiger partial charge on any atom is -0.358 e. The molecule has 0 aliphatic heterocycles. The zero-order valence-corrected chi connectivity index (χ0v) is 4.68. The average Bonchev–Trinajstić information content (AvgIpc) is 2.14. The molecular weight excluding hydrogens is 124 g/mol. The lowest BCUT2D eigenvalue weighted by Gasteiger charge is -1.80. The first-order valence-electron chi connectivity index (χ1n) is 2.21. The van der Waals surface area contributed by atoms with Crippen molar-refractivity contribution in [3.05, 3.63) is 16.3 Å². The summed E-state index contributed by atoms with van der Waals surface area (Å²) in [5.41, 5.74) is 0. The van der Waals surface area contributed by atoms with Crippen molar-refractivity contribution in [1.29, 1.82) is 0 Å². The molecule has 0 bridgehead atoms. The molecule has 1 aromatic rings. The lowest BCUT2D eigenvalue weighted by atomic mass is 10.8. The van der Waals surface area contributed by atoms with E-state index >= 15 is 0 Å². The fourth-order valence-electron chi connectivity index (χ4n) is 0.419. The molecule has 0 saturated carbocycles. The topological polar surface area (TPSA) is 73.8 Å². The van der Waals surface area contributed by atoms with E-state index in [1.54, 1.807) is 7.05 Å². The van der Waals surface area contributed by atoms with Gasteiger partial charge in [-0.25, -0.2) is 4.68 Å². The van der Waals surface area contributed by atoms with Gasteiger partial charge in [-0.15, -0.1) is 0 Å². The second-order valence-electron chi connectivity index (χ2n) is 1.51. The molecule has 0 unspecified atom stereocenters. The SMILES string of the molecule is Cn1cc([N+](=O)[O-])nn1. The van der Waals surface area contributed by atoms with Crippen LogP contribution in [0.5, 0.6) is 0 Å². The van der Waals surface area contributed by atoms with Crippen LogP contribution in [0.25, 0.3) is 0 Å². The van der Waals surface area contributed by atoms with Gasteiger partial charge in [0.05, 0.1) is 5.21 Å². The summed E-state index contributed by atoms with van der Waals surface area (Å²) in [6.07, 6.45) is 1.24. The first kappa shape index (κ1) is 5.67. The molecule has 1 aromatic heterocycles. The number of aryl methyl sites for hydroxylation is 1. The largest absolute Gasteiger partial charge is 0.410 e. The van der Waals surface area contributed by atoms with Crippen LogP contribution < -0.4 is 0 Å². The molecule has 0 atom stereocenters. The molecule has 0 radical (unpaired) electrons. The van der Waals surface area contributed by atoms with E-state index in [1.165, 1.54) is 10.9 Å². The lowest BCUT2D eigenvalue weighted by molar-refractivity contribution is -0.389. The summed E-state index contributed by atoms with van der Waals surface area (Å²) in [5.74, 6) is -0.225. The van der Waals surface area contributed by atoms with Crippen molar-refractivity contribution in [1.82, 2.24) is 15.0 Å². The fourth-order valence-corrected chi connectivity index (χ4v) is 0.419. The summed E-state index contributed by atoms with van der Waals surface area (Å²) in [7, 11) is 1.57. The van der Waals surface area contributed by atoms with Crippen molar-refractivity contribution in [2.75, 3.05) is 0 Å². The predicted octanol–water partition coefficient (Wildman–Crippen LogP) is -0.277. The van der Waals surface area contributed by atoms with E-state index in [4.69, 9.17) is 0 Å². The first-order chi connectivity index (χ1) is 4.20. The maximum Gasteiger partial charge on any atom is 0.410 e. The van der Waals surface area contributed by atoms with Crippen LogP contribution in [-0.4, -0.2) is 19.9 Å². The minimum absolute atomic E-state index is 0.225. The molecule has 0 N–H and O–H groups in total. The van der Waals surface area contributed by atoms with Gasteiger partial charge >= 0.3 is 5.82 Å². The van der Waals surface area contributed by atoms with Crippen LogP contribution in [0.2, 0.25) is 0 Å². The Morgan fingerprint density at radius 1 is 1.89 bits per heavy atom. The summed E-state index contributed by atoms with van der Waals surface area (Å²) in [5, 5.41) is 16.5. The Labute approximate surface area is 50.2 Å². The minimum atomic E-state index is -0.590. The monoisotopic (exact) mass is 128 g/mol. The Kier molecular flexibility index (Phi) is 1.14. The maximum absolute atomic E-state index is 9.90. The molecule has 0 aliphatic carbocycles. The number of hydrogen-bond acceptors (Lipinski definition) is 4. The van der Waals surface area contributed by atoms with Crippen LogP contribution in [0.3, 0.4) is 0 Å². The van der Waals surface area contributed by atoms with Gasteiger partial charge in [-0.2, -0.15) is 0 Å². The fraction of sp³-hybridized carbons (Fsp3) is 0.333. The van der Waals surface area contributed by atoms with Gasteiger partial charge in [-0.3, -0.25) is 0 Å². The molecule has 0 aromatic carbocycles. The van der Waals surface area contributed by atoms with E-state index in [-0.39, 0.29) is 5.82 Å². The van der Waals surface area contributed by atoms with E-state index in [2.05, 4.69) is 10.3 Å². The Bertz CT molecular complexity index is 229. The van der Waals surface area contributed by atoms with Crippen LogP contribution in [-0.2, 0) is 7.05 Å². The summed E-state index contributed by atoms with van der Waals surface area (Å²) < 4.78 is 1.28. The highest BCUT2D eigenvalue weighted by Crippen LogP contribution is 2.00. The summed E-state index contributed by atoms with van der Waals surface area (Å²) in [6.45, 7) is 0. The molecule has 6 nitrogen and oxygen atoms in total. The van der Waals surface area contributed by atoms with Gasteiger partial charge in [0, 0.05) is 7.05 Å². The second-order valence-corrected chi connectivity index (χ2v) is 1.51.